The fourth-order valence-corrected chi connectivity index (χ4v) is 6.64. The highest BCUT2D eigenvalue weighted by atomic mass is 32.2. The molecule has 5 aromatic rings. The zero-order valence-electron chi connectivity index (χ0n) is 23.5. The van der Waals surface area contributed by atoms with E-state index in [1.54, 1.807) is 55.7 Å². The second-order valence-electron chi connectivity index (χ2n) is 9.60. The molecule has 1 atom stereocenters. The van der Waals surface area contributed by atoms with Crippen molar-refractivity contribution in [1.82, 2.24) is 14.5 Å². The van der Waals surface area contributed by atoms with Crippen molar-refractivity contribution in [1.29, 1.82) is 0 Å². The van der Waals surface area contributed by atoms with Crippen LogP contribution in [0.3, 0.4) is 0 Å². The summed E-state index contributed by atoms with van der Waals surface area (Å²) >= 11 is 2.13. The molecule has 1 aliphatic rings. The van der Waals surface area contributed by atoms with E-state index in [0.717, 1.165) is 23.1 Å². The van der Waals surface area contributed by atoms with Gasteiger partial charge in [-0.25, -0.2) is 24.1 Å². The van der Waals surface area contributed by atoms with Crippen molar-refractivity contribution in [2.75, 3.05) is 6.61 Å². The fraction of sp³-hybridized carbons (Fsp3) is 0.0938. The second kappa shape index (κ2) is 12.8. The van der Waals surface area contributed by atoms with Gasteiger partial charge in [0.05, 0.1) is 38.3 Å². The molecule has 0 spiro atoms. The van der Waals surface area contributed by atoms with Crippen molar-refractivity contribution in [3.8, 4) is 0 Å². The SMILES string of the molecule is CCOC(=O)C1=C(c2ccccc2)N=c2s/c(=C/c3ccc(Sc4ncccn4)c([N+](=O)[O-])c3)c(=O)n2[C@@H]1c1ccc(F)cc1. The normalized spacial score (nSPS) is 14.5. The lowest BCUT2D eigenvalue weighted by Crippen LogP contribution is -2.40. The fourth-order valence-electron chi connectivity index (χ4n) is 4.84. The third-order valence-corrected chi connectivity index (χ3v) is 8.72. The van der Waals surface area contributed by atoms with E-state index >= 15 is 0 Å². The minimum atomic E-state index is -0.975. The van der Waals surface area contributed by atoms with Gasteiger partial charge < -0.3 is 4.74 Å². The lowest BCUT2D eigenvalue weighted by Gasteiger charge is -2.25. The van der Waals surface area contributed by atoms with Crippen LogP contribution in [0.25, 0.3) is 11.8 Å². The monoisotopic (exact) mass is 639 g/mol. The number of aromatic nitrogens is 3. The molecule has 0 N–H and O–H groups in total. The molecule has 2 aromatic heterocycles. The van der Waals surface area contributed by atoms with E-state index in [1.807, 2.05) is 18.2 Å². The minimum absolute atomic E-state index is 0.0917. The van der Waals surface area contributed by atoms with Gasteiger partial charge in [0.15, 0.2) is 9.96 Å². The Morgan fingerprint density at radius 3 is 2.51 bits per heavy atom. The van der Waals surface area contributed by atoms with Crippen molar-refractivity contribution in [3.05, 3.63) is 149 Å². The Labute approximate surface area is 263 Å². The highest BCUT2D eigenvalue weighted by molar-refractivity contribution is 7.99. The summed E-state index contributed by atoms with van der Waals surface area (Å²) in [5, 5.41) is 12.3. The number of ether oxygens (including phenoxy) is 1. The van der Waals surface area contributed by atoms with Gasteiger partial charge in [-0.3, -0.25) is 19.5 Å². The largest absolute Gasteiger partial charge is 0.463 e. The van der Waals surface area contributed by atoms with Crippen LogP contribution >= 0.6 is 23.1 Å². The molecule has 6 rings (SSSR count). The van der Waals surface area contributed by atoms with Gasteiger partial charge in [0.25, 0.3) is 11.2 Å². The summed E-state index contributed by atoms with van der Waals surface area (Å²) in [5.74, 6) is -1.13. The topological polar surface area (TPSA) is 130 Å². The summed E-state index contributed by atoms with van der Waals surface area (Å²) in [6.07, 6.45) is 4.64. The maximum absolute atomic E-state index is 14.0. The second-order valence-corrected chi connectivity index (χ2v) is 11.6. The van der Waals surface area contributed by atoms with Gasteiger partial charge in [0.1, 0.15) is 5.82 Å². The predicted molar refractivity (Wildman–Crippen MR) is 167 cm³/mol. The van der Waals surface area contributed by atoms with Crippen molar-refractivity contribution in [3.63, 3.8) is 0 Å². The van der Waals surface area contributed by atoms with Crippen LogP contribution in [0.4, 0.5) is 10.1 Å². The molecule has 45 heavy (non-hydrogen) atoms. The van der Waals surface area contributed by atoms with Gasteiger partial charge in [0.2, 0.25) is 0 Å². The molecule has 3 heterocycles. The lowest BCUT2D eigenvalue weighted by atomic mass is 9.93. The number of rotatable bonds is 8. The van der Waals surface area contributed by atoms with Crippen molar-refractivity contribution in [2.45, 2.75) is 23.0 Å². The summed E-state index contributed by atoms with van der Waals surface area (Å²) < 4.78 is 21.0. The Hall–Kier alpha value is -5.27. The number of esters is 1. The third-order valence-electron chi connectivity index (χ3n) is 6.78. The summed E-state index contributed by atoms with van der Waals surface area (Å²) in [6, 6.07) is 19.9. The molecule has 3 aromatic carbocycles. The molecule has 224 valence electrons. The maximum atomic E-state index is 14.0. The Bertz CT molecular complexity index is 2130. The maximum Gasteiger partial charge on any atom is 0.338 e. The van der Waals surface area contributed by atoms with Gasteiger partial charge in [-0.05, 0) is 60.2 Å². The molecule has 0 radical (unpaired) electrons. The average molecular weight is 640 g/mol. The van der Waals surface area contributed by atoms with E-state index in [0.29, 0.717) is 37.2 Å². The van der Waals surface area contributed by atoms with Crippen LogP contribution in [-0.4, -0.2) is 32.0 Å². The Morgan fingerprint density at radius 2 is 1.82 bits per heavy atom. The van der Waals surface area contributed by atoms with Crippen molar-refractivity contribution >= 4 is 46.5 Å². The van der Waals surface area contributed by atoms with Crippen LogP contribution < -0.4 is 14.9 Å². The number of thiazole rings is 1. The van der Waals surface area contributed by atoms with E-state index in [2.05, 4.69) is 9.97 Å². The Morgan fingerprint density at radius 1 is 1.09 bits per heavy atom. The minimum Gasteiger partial charge on any atom is -0.463 e. The number of nitrogens with zero attached hydrogens (tertiary/aromatic N) is 5. The van der Waals surface area contributed by atoms with Gasteiger partial charge in [-0.2, -0.15) is 0 Å². The molecule has 13 heteroatoms. The molecule has 0 fully saturated rings. The molecule has 1 aliphatic heterocycles. The van der Waals surface area contributed by atoms with Crippen LogP contribution in [-0.2, 0) is 9.53 Å². The zero-order chi connectivity index (χ0) is 31.5. The number of benzene rings is 3. The molecule has 0 saturated heterocycles. The third kappa shape index (κ3) is 6.08. The van der Waals surface area contributed by atoms with Crippen LogP contribution in [0.1, 0.15) is 29.7 Å². The molecular formula is C32H22FN5O5S2. The van der Waals surface area contributed by atoms with Gasteiger partial charge in [0, 0.05) is 24.0 Å². The van der Waals surface area contributed by atoms with Gasteiger partial charge in [-0.15, -0.1) is 0 Å². The number of carbonyl (C=O) groups excluding carboxylic acids is 1. The molecular weight excluding hydrogens is 618 g/mol. The highest BCUT2D eigenvalue weighted by Gasteiger charge is 2.35. The Kier molecular flexibility index (Phi) is 8.45. The smallest absolute Gasteiger partial charge is 0.338 e. The van der Waals surface area contributed by atoms with Crippen LogP contribution in [0.15, 0.2) is 117 Å². The molecule has 0 unspecified atom stereocenters. The number of halogens is 1. The van der Waals surface area contributed by atoms with Crippen LogP contribution in [0, 0.1) is 15.9 Å². The first-order chi connectivity index (χ1) is 21.8. The number of hydrogen-bond donors (Lipinski definition) is 0. The summed E-state index contributed by atoms with van der Waals surface area (Å²) in [5.41, 5.74) is 1.35. The van der Waals surface area contributed by atoms with Crippen LogP contribution in [0.5, 0.6) is 0 Å². The molecule has 0 amide bonds. The Balaban J connectivity index is 1.54. The summed E-state index contributed by atoms with van der Waals surface area (Å²) in [4.78, 5) is 52.7. The standard InChI is InChI=1S/C32H22FN5O5S2/c1-2-43-30(40)26-27(20-7-4-3-5-8-20)36-32-37(28(26)21-10-12-22(33)13-11-21)29(39)25(45-32)18-19-9-14-24(23(17-19)38(41)42)44-31-34-15-6-16-35-31/h3-18,28H,2H2,1H3/b25-18+/t28-/m1/s1. The first-order valence-corrected chi connectivity index (χ1v) is 15.2. The molecule has 0 aliphatic carbocycles. The number of hydrogen-bond acceptors (Lipinski definition) is 10. The van der Waals surface area contributed by atoms with Crippen LogP contribution in [0.2, 0.25) is 0 Å². The van der Waals surface area contributed by atoms with E-state index in [1.165, 1.54) is 34.9 Å². The average Bonchev–Trinajstić information content (AvgIpc) is 3.36. The number of nitro groups is 1. The summed E-state index contributed by atoms with van der Waals surface area (Å²) in [6.45, 7) is 1.77. The number of fused-ring (bicyclic) bond motifs is 1. The number of carbonyl (C=O) groups is 1. The van der Waals surface area contributed by atoms with E-state index in [-0.39, 0.29) is 22.4 Å². The number of nitro benzene ring substituents is 1. The van der Waals surface area contributed by atoms with Crippen molar-refractivity contribution in [2.24, 2.45) is 4.99 Å². The van der Waals surface area contributed by atoms with Gasteiger partial charge in [-0.1, -0.05) is 59.9 Å². The highest BCUT2D eigenvalue weighted by Crippen LogP contribution is 2.36. The predicted octanol–water partition coefficient (Wildman–Crippen LogP) is 4.92. The van der Waals surface area contributed by atoms with Crippen molar-refractivity contribution < 1.29 is 18.8 Å². The zero-order valence-corrected chi connectivity index (χ0v) is 25.1. The molecule has 0 saturated carbocycles. The quantitative estimate of drug-likeness (QED) is 0.101. The molecule has 10 nitrogen and oxygen atoms in total. The van der Waals surface area contributed by atoms with E-state index in [4.69, 9.17) is 9.73 Å². The first-order valence-electron chi connectivity index (χ1n) is 13.6. The molecule has 0 bridgehead atoms. The van der Waals surface area contributed by atoms with E-state index in [9.17, 15) is 24.1 Å². The van der Waals surface area contributed by atoms with Gasteiger partial charge >= 0.3 is 5.97 Å². The lowest BCUT2D eigenvalue weighted by molar-refractivity contribution is -0.387. The summed E-state index contributed by atoms with van der Waals surface area (Å²) in [7, 11) is 0. The van der Waals surface area contributed by atoms with E-state index < -0.39 is 28.3 Å². The first kappa shape index (κ1) is 29.8.